The second-order valence-corrected chi connectivity index (χ2v) is 7.09. The Hall–Kier alpha value is -2.37. The topological polar surface area (TPSA) is 81.7 Å². The number of esters is 2. The quantitative estimate of drug-likeness (QED) is 0.826. The first-order valence-corrected chi connectivity index (χ1v) is 8.83. The number of hydrogen-bond acceptors (Lipinski definition) is 5. The van der Waals surface area contributed by atoms with E-state index in [4.69, 9.17) is 9.47 Å². The van der Waals surface area contributed by atoms with Crippen LogP contribution >= 0.6 is 0 Å². The number of fused-ring (bicyclic) bond motifs is 1. The van der Waals surface area contributed by atoms with Gasteiger partial charge in [0.1, 0.15) is 6.10 Å². The van der Waals surface area contributed by atoms with Crippen LogP contribution in [0.4, 0.5) is 5.69 Å². The second kappa shape index (κ2) is 6.17. The maximum Gasteiger partial charge on any atom is 0.310 e. The van der Waals surface area contributed by atoms with Gasteiger partial charge in [0.25, 0.3) is 5.91 Å². The standard InChI is InChI=1S/C19H21NO5/c1-2-10-5-3-4-6-13(10)20-15(21)9-24-18(22)16-11-7-12-14(8-11)25-19(23)17(12)16/h3-6,11-12,14,16-17H,2,7-9H2,1H3,(H,20,21)/t11-,12+,14-,16+,17+/m1/s1. The van der Waals surface area contributed by atoms with Crippen molar-refractivity contribution < 1.29 is 23.9 Å². The molecule has 2 bridgehead atoms. The summed E-state index contributed by atoms with van der Waals surface area (Å²) in [4.78, 5) is 36.5. The van der Waals surface area contributed by atoms with Crippen LogP contribution in [0.2, 0.25) is 0 Å². The molecule has 2 saturated carbocycles. The van der Waals surface area contributed by atoms with Crippen molar-refractivity contribution in [3.63, 3.8) is 0 Å². The minimum absolute atomic E-state index is 0.0135. The van der Waals surface area contributed by atoms with E-state index in [1.165, 1.54) is 0 Å². The summed E-state index contributed by atoms with van der Waals surface area (Å²) in [6.45, 7) is 1.67. The van der Waals surface area contributed by atoms with Crippen molar-refractivity contribution in [2.45, 2.75) is 32.3 Å². The van der Waals surface area contributed by atoms with E-state index in [2.05, 4.69) is 5.32 Å². The molecule has 0 aromatic heterocycles. The van der Waals surface area contributed by atoms with E-state index < -0.39 is 11.9 Å². The van der Waals surface area contributed by atoms with E-state index >= 15 is 0 Å². The van der Waals surface area contributed by atoms with Crippen LogP contribution in [0.5, 0.6) is 0 Å². The fraction of sp³-hybridized carbons (Fsp3) is 0.526. The first-order chi connectivity index (χ1) is 12.1. The third-order valence-electron chi connectivity index (χ3n) is 5.77. The molecule has 0 unspecified atom stereocenters. The lowest BCUT2D eigenvalue weighted by Gasteiger charge is -2.22. The molecular formula is C19H21NO5. The van der Waals surface area contributed by atoms with Crippen molar-refractivity contribution in [1.82, 2.24) is 0 Å². The molecule has 3 aliphatic rings. The third kappa shape index (κ3) is 2.69. The van der Waals surface area contributed by atoms with Gasteiger partial charge >= 0.3 is 11.9 Å². The average molecular weight is 343 g/mol. The molecule has 6 nitrogen and oxygen atoms in total. The van der Waals surface area contributed by atoms with Gasteiger partial charge in [-0.1, -0.05) is 25.1 Å². The number of para-hydroxylation sites is 1. The number of carbonyl (C=O) groups is 3. The monoisotopic (exact) mass is 343 g/mol. The Morgan fingerprint density at radius 2 is 2.08 bits per heavy atom. The number of nitrogens with one attached hydrogen (secondary N) is 1. The lowest BCUT2D eigenvalue weighted by atomic mass is 9.80. The molecule has 1 N–H and O–H groups in total. The molecule has 2 aliphatic carbocycles. The number of amides is 1. The zero-order chi connectivity index (χ0) is 17.6. The van der Waals surface area contributed by atoms with Crippen LogP contribution in [0.3, 0.4) is 0 Å². The number of aryl methyl sites for hydroxylation is 1. The summed E-state index contributed by atoms with van der Waals surface area (Å²) in [7, 11) is 0. The zero-order valence-corrected chi connectivity index (χ0v) is 14.1. The predicted molar refractivity (Wildman–Crippen MR) is 88.5 cm³/mol. The van der Waals surface area contributed by atoms with Crippen LogP contribution in [0.25, 0.3) is 0 Å². The molecule has 3 fully saturated rings. The van der Waals surface area contributed by atoms with E-state index in [1.54, 1.807) is 0 Å². The van der Waals surface area contributed by atoms with Crippen LogP contribution in [0.15, 0.2) is 24.3 Å². The number of ether oxygens (including phenoxy) is 2. The molecule has 4 rings (SSSR count). The smallest absolute Gasteiger partial charge is 0.310 e. The second-order valence-electron chi connectivity index (χ2n) is 7.09. The summed E-state index contributed by atoms with van der Waals surface area (Å²) in [6, 6.07) is 7.53. The van der Waals surface area contributed by atoms with Crippen molar-refractivity contribution in [2.75, 3.05) is 11.9 Å². The van der Waals surface area contributed by atoms with Crippen LogP contribution in [0, 0.1) is 23.7 Å². The first kappa shape index (κ1) is 16.1. The molecule has 1 aromatic carbocycles. The Bertz CT molecular complexity index is 728. The van der Waals surface area contributed by atoms with Crippen molar-refractivity contribution in [3.05, 3.63) is 29.8 Å². The molecule has 0 spiro atoms. The molecule has 25 heavy (non-hydrogen) atoms. The van der Waals surface area contributed by atoms with Crippen molar-refractivity contribution in [2.24, 2.45) is 23.7 Å². The number of anilines is 1. The van der Waals surface area contributed by atoms with Crippen molar-refractivity contribution in [1.29, 1.82) is 0 Å². The molecule has 132 valence electrons. The van der Waals surface area contributed by atoms with E-state index in [0.717, 1.165) is 30.5 Å². The van der Waals surface area contributed by atoms with Gasteiger partial charge in [-0.05, 0) is 36.8 Å². The first-order valence-electron chi connectivity index (χ1n) is 8.83. The summed E-state index contributed by atoms with van der Waals surface area (Å²) in [6.07, 6.45) is 2.37. The zero-order valence-electron chi connectivity index (χ0n) is 14.1. The Kier molecular flexibility index (Phi) is 3.98. The van der Waals surface area contributed by atoms with Crippen LogP contribution < -0.4 is 5.32 Å². The lowest BCUT2D eigenvalue weighted by Crippen LogP contribution is -2.35. The van der Waals surface area contributed by atoms with Crippen LogP contribution in [-0.2, 0) is 30.3 Å². The Labute approximate surface area is 145 Å². The van der Waals surface area contributed by atoms with Gasteiger partial charge in [0.05, 0.1) is 11.8 Å². The van der Waals surface area contributed by atoms with E-state index in [0.29, 0.717) is 0 Å². The van der Waals surface area contributed by atoms with Gasteiger partial charge in [-0.3, -0.25) is 14.4 Å². The fourth-order valence-electron chi connectivity index (χ4n) is 4.69. The minimum atomic E-state index is -0.452. The van der Waals surface area contributed by atoms with Gasteiger partial charge in [0.15, 0.2) is 6.61 Å². The summed E-state index contributed by atoms with van der Waals surface area (Å²) < 4.78 is 10.5. The fourth-order valence-corrected chi connectivity index (χ4v) is 4.69. The summed E-state index contributed by atoms with van der Waals surface area (Å²) in [5.74, 6) is -1.63. The van der Waals surface area contributed by atoms with Crippen molar-refractivity contribution >= 4 is 23.5 Å². The third-order valence-corrected chi connectivity index (χ3v) is 5.77. The lowest BCUT2D eigenvalue weighted by molar-refractivity contribution is -0.157. The highest BCUT2D eigenvalue weighted by atomic mass is 16.6. The Morgan fingerprint density at radius 1 is 1.28 bits per heavy atom. The molecule has 1 heterocycles. The van der Waals surface area contributed by atoms with E-state index in [1.807, 2.05) is 31.2 Å². The van der Waals surface area contributed by atoms with E-state index in [9.17, 15) is 14.4 Å². The Morgan fingerprint density at radius 3 is 2.88 bits per heavy atom. The molecule has 1 amide bonds. The van der Waals surface area contributed by atoms with Crippen LogP contribution in [0.1, 0.15) is 25.3 Å². The van der Waals surface area contributed by atoms with E-state index in [-0.39, 0.29) is 42.3 Å². The number of carbonyl (C=O) groups excluding carboxylic acids is 3. The Balaban J connectivity index is 1.35. The SMILES string of the molecule is CCc1ccccc1NC(=O)COC(=O)[C@H]1[C@@H]2C[C@@H]3[C@@H]1C(=O)O[C@@H]3C2. The molecule has 6 heteroatoms. The minimum Gasteiger partial charge on any atom is -0.462 e. The summed E-state index contributed by atoms with van der Waals surface area (Å²) in [5, 5.41) is 2.78. The highest BCUT2D eigenvalue weighted by Gasteiger charge is 2.64. The van der Waals surface area contributed by atoms with Gasteiger partial charge in [0, 0.05) is 11.6 Å². The molecule has 1 aliphatic heterocycles. The van der Waals surface area contributed by atoms with Gasteiger partial charge in [-0.15, -0.1) is 0 Å². The summed E-state index contributed by atoms with van der Waals surface area (Å²) >= 11 is 0. The molecular weight excluding hydrogens is 322 g/mol. The predicted octanol–water partition coefficient (Wildman–Crippen LogP) is 1.93. The number of hydrogen-bond donors (Lipinski definition) is 1. The molecule has 5 atom stereocenters. The highest BCUT2D eigenvalue weighted by Crippen LogP contribution is 2.57. The molecule has 0 radical (unpaired) electrons. The number of benzene rings is 1. The van der Waals surface area contributed by atoms with Gasteiger partial charge in [-0.25, -0.2) is 0 Å². The van der Waals surface area contributed by atoms with Gasteiger partial charge < -0.3 is 14.8 Å². The average Bonchev–Trinajstić information content (AvgIpc) is 3.22. The van der Waals surface area contributed by atoms with Gasteiger partial charge in [0.2, 0.25) is 0 Å². The van der Waals surface area contributed by atoms with Crippen LogP contribution in [-0.4, -0.2) is 30.6 Å². The molecule has 1 saturated heterocycles. The van der Waals surface area contributed by atoms with Crippen molar-refractivity contribution in [3.8, 4) is 0 Å². The summed E-state index contributed by atoms with van der Waals surface area (Å²) in [5.41, 5.74) is 1.75. The largest absolute Gasteiger partial charge is 0.462 e. The maximum absolute atomic E-state index is 12.4. The normalized spacial score (nSPS) is 31.7. The maximum atomic E-state index is 12.4. The molecule has 1 aromatic rings. The number of rotatable bonds is 5. The highest BCUT2D eigenvalue weighted by molar-refractivity contribution is 5.94. The van der Waals surface area contributed by atoms with Gasteiger partial charge in [-0.2, -0.15) is 0 Å².